The van der Waals surface area contributed by atoms with E-state index in [2.05, 4.69) is 0 Å². The fourth-order valence-corrected chi connectivity index (χ4v) is 3.50. The quantitative estimate of drug-likeness (QED) is 0.156. The maximum Gasteiger partial charge on any atom is 0.223 e. The van der Waals surface area contributed by atoms with Gasteiger partial charge in [-0.1, -0.05) is 83.9 Å². The van der Waals surface area contributed by atoms with Gasteiger partial charge in [0.05, 0.1) is 0 Å². The van der Waals surface area contributed by atoms with Crippen molar-refractivity contribution in [2.45, 2.75) is 27.9 Å². The first-order valence-electron chi connectivity index (χ1n) is 8.47. The number of hydrogen-bond acceptors (Lipinski definition) is 8. The van der Waals surface area contributed by atoms with E-state index in [9.17, 15) is 39.9 Å². The van der Waals surface area contributed by atoms with E-state index in [-0.39, 0.29) is 11.1 Å². The van der Waals surface area contributed by atoms with Gasteiger partial charge in [0.2, 0.25) is 27.8 Å². The van der Waals surface area contributed by atoms with Crippen LogP contribution >= 0.6 is 23.2 Å². The van der Waals surface area contributed by atoms with Gasteiger partial charge in [-0.25, -0.2) is 0 Å². The minimum Gasteiger partial charge on any atom is -0.385 e. The van der Waals surface area contributed by atoms with Gasteiger partial charge in [0, 0.05) is 11.1 Å². The zero-order valence-corrected chi connectivity index (χ0v) is 16.7. The number of hydrogen-bond donors (Lipinski definition) is 5. The lowest BCUT2D eigenvalue weighted by atomic mass is 9.69. The number of carbonyl (C=O) groups is 3. The second kappa shape index (κ2) is 8.91. The molecule has 0 saturated carbocycles. The van der Waals surface area contributed by atoms with Crippen LogP contribution in [-0.4, -0.2) is 71.3 Å². The van der Waals surface area contributed by atoms with Gasteiger partial charge in [-0.3, -0.25) is 14.4 Å². The summed E-state index contributed by atoms with van der Waals surface area (Å²) in [5.41, 5.74) is -10.6. The van der Waals surface area contributed by atoms with Crippen LogP contribution in [0.25, 0.3) is 0 Å². The molecule has 0 spiro atoms. The molecule has 2 rings (SSSR count). The molecule has 0 aliphatic heterocycles. The second-order valence-corrected chi connectivity index (χ2v) is 7.50. The highest BCUT2D eigenvalue weighted by molar-refractivity contribution is 6.31. The van der Waals surface area contributed by atoms with Gasteiger partial charge >= 0.3 is 0 Å². The summed E-state index contributed by atoms with van der Waals surface area (Å²) in [4.78, 5) is 38.1. The number of aldehydes is 1. The van der Waals surface area contributed by atoms with Crippen molar-refractivity contribution in [2.75, 3.05) is 0 Å². The fraction of sp³-hybridized carbons (Fsp3) is 0.250. The highest BCUT2D eigenvalue weighted by Gasteiger charge is 2.72. The molecule has 0 amide bonds. The number of aliphatic hydroxyl groups is 5. The third kappa shape index (κ3) is 3.79. The zero-order chi connectivity index (χ0) is 22.7. The Morgan fingerprint density at radius 1 is 0.833 bits per heavy atom. The van der Waals surface area contributed by atoms with Crippen LogP contribution in [0.15, 0.2) is 60.7 Å². The predicted molar refractivity (Wildman–Crippen MR) is 106 cm³/mol. The maximum atomic E-state index is 13.2. The molecular weight excluding hydrogens is 439 g/mol. The van der Waals surface area contributed by atoms with E-state index < -0.39 is 45.8 Å². The summed E-state index contributed by atoms with van der Waals surface area (Å²) in [7, 11) is 0. The van der Waals surface area contributed by atoms with Gasteiger partial charge < -0.3 is 25.5 Å². The van der Waals surface area contributed by atoms with Crippen LogP contribution in [0.2, 0.25) is 0 Å². The summed E-state index contributed by atoms with van der Waals surface area (Å²) in [6, 6.07) is 13.1. The van der Waals surface area contributed by atoms with E-state index in [1.54, 1.807) is 0 Å². The molecular formula is C20H18Cl2O8. The minimum absolute atomic E-state index is 0.320. The summed E-state index contributed by atoms with van der Waals surface area (Å²) in [6.45, 7) is 0. The number of alkyl halides is 2. The lowest BCUT2D eigenvalue weighted by molar-refractivity contribution is -0.200. The molecule has 30 heavy (non-hydrogen) atoms. The Bertz CT molecular complexity index is 919. The largest absolute Gasteiger partial charge is 0.385 e. The Labute approximate surface area is 180 Å². The summed E-state index contributed by atoms with van der Waals surface area (Å²) >= 11 is 11.2. The van der Waals surface area contributed by atoms with Crippen molar-refractivity contribution in [3.8, 4) is 0 Å². The maximum absolute atomic E-state index is 13.2. The molecule has 0 aliphatic rings. The van der Waals surface area contributed by atoms with Gasteiger partial charge in [-0.15, -0.1) is 0 Å². The molecule has 2 aromatic rings. The van der Waals surface area contributed by atoms with Crippen molar-refractivity contribution in [3.63, 3.8) is 0 Å². The van der Waals surface area contributed by atoms with E-state index in [4.69, 9.17) is 23.2 Å². The van der Waals surface area contributed by atoms with E-state index in [0.29, 0.717) is 0 Å². The van der Waals surface area contributed by atoms with E-state index in [1.165, 1.54) is 48.5 Å². The molecule has 5 N–H and O–H groups in total. The average Bonchev–Trinajstić information content (AvgIpc) is 2.77. The summed E-state index contributed by atoms with van der Waals surface area (Å²) in [6.07, 6.45) is -3.17. The van der Waals surface area contributed by atoms with Crippen LogP contribution in [0.3, 0.4) is 0 Å². The van der Waals surface area contributed by atoms with Crippen molar-refractivity contribution in [2.24, 2.45) is 0 Å². The fourth-order valence-electron chi connectivity index (χ4n) is 2.91. The first kappa shape index (κ1) is 24.1. The lowest BCUT2D eigenvalue weighted by Crippen LogP contribution is -2.77. The molecule has 160 valence electrons. The number of rotatable bonds is 9. The average molecular weight is 457 g/mol. The van der Waals surface area contributed by atoms with Gasteiger partial charge in [-0.05, 0) is 0 Å². The van der Waals surface area contributed by atoms with Crippen molar-refractivity contribution < 1.29 is 39.9 Å². The molecule has 10 heteroatoms. The lowest BCUT2D eigenvalue weighted by Gasteiger charge is -2.46. The highest BCUT2D eigenvalue weighted by atomic mass is 35.5. The van der Waals surface area contributed by atoms with Crippen LogP contribution in [0.1, 0.15) is 20.7 Å². The molecule has 5 atom stereocenters. The second-order valence-electron chi connectivity index (χ2n) is 6.48. The van der Waals surface area contributed by atoms with Crippen molar-refractivity contribution >= 4 is 41.1 Å². The number of Topliss-reactive ketones (excluding diaryl/α,β-unsaturated/α-hetero) is 2. The van der Waals surface area contributed by atoms with E-state index >= 15 is 0 Å². The van der Waals surface area contributed by atoms with Gasteiger partial charge in [0.1, 0.15) is 6.10 Å². The number of aliphatic hydroxyl groups excluding tert-OH is 2. The molecule has 0 aromatic heterocycles. The van der Waals surface area contributed by atoms with Crippen LogP contribution < -0.4 is 0 Å². The molecule has 2 aromatic carbocycles. The smallest absolute Gasteiger partial charge is 0.223 e. The number of benzene rings is 2. The first-order valence-corrected chi connectivity index (χ1v) is 9.28. The van der Waals surface area contributed by atoms with E-state index in [1.807, 2.05) is 0 Å². The molecule has 0 aliphatic carbocycles. The molecule has 8 nitrogen and oxygen atoms in total. The molecule has 0 heterocycles. The van der Waals surface area contributed by atoms with Crippen LogP contribution in [-0.2, 0) is 4.79 Å². The van der Waals surface area contributed by atoms with Crippen molar-refractivity contribution in [1.29, 1.82) is 0 Å². The highest BCUT2D eigenvalue weighted by Crippen LogP contribution is 2.43. The van der Waals surface area contributed by atoms with Crippen molar-refractivity contribution in [1.82, 2.24) is 0 Å². The summed E-state index contributed by atoms with van der Waals surface area (Å²) in [5, 5.41) is 48.8. The van der Waals surface area contributed by atoms with Gasteiger partial charge in [0.15, 0.2) is 11.8 Å². The van der Waals surface area contributed by atoms with Crippen LogP contribution in [0.5, 0.6) is 0 Å². The number of ketones is 2. The summed E-state index contributed by atoms with van der Waals surface area (Å²) < 4.78 is 0. The van der Waals surface area contributed by atoms with Gasteiger partial charge in [-0.2, -0.15) is 0 Å². The molecule has 0 radical (unpaired) electrons. The Kier molecular flexibility index (Phi) is 7.16. The van der Waals surface area contributed by atoms with E-state index in [0.717, 1.165) is 12.1 Å². The molecule has 0 bridgehead atoms. The topological polar surface area (TPSA) is 152 Å². The normalized spacial score (nSPS) is 19.4. The zero-order valence-electron chi connectivity index (χ0n) is 15.2. The third-order valence-electron chi connectivity index (χ3n) is 4.63. The number of halogens is 2. The Balaban J connectivity index is 2.81. The van der Waals surface area contributed by atoms with Crippen LogP contribution in [0.4, 0.5) is 0 Å². The monoisotopic (exact) mass is 456 g/mol. The third-order valence-corrected chi connectivity index (χ3v) is 5.36. The first-order chi connectivity index (χ1) is 13.9. The molecule has 1 unspecified atom stereocenters. The standard InChI is InChI=1S/C20H18Cl2O8/c21-17(27)16(26)20(22,30)19(29,15(25)13-9-5-2-6-10-13)18(28,11-23)14(24)12-7-3-1-4-8-12/h1-11,16-17,26-30H/t16-,17?,18-,19-,20+/m1/s1. The Morgan fingerprint density at radius 3 is 1.60 bits per heavy atom. The Hall–Kier alpha value is -2.17. The SMILES string of the molecule is O=C[C@@](O)(C(=O)c1ccccc1)[C@](O)(C(=O)c1ccccc1)[C@](O)(Cl)[C@H](O)C(O)Cl. The van der Waals surface area contributed by atoms with Crippen molar-refractivity contribution in [3.05, 3.63) is 71.8 Å². The van der Waals surface area contributed by atoms with Crippen LogP contribution in [0, 0.1) is 0 Å². The molecule has 0 fully saturated rings. The summed E-state index contributed by atoms with van der Waals surface area (Å²) in [5.74, 6) is -3.09. The minimum atomic E-state index is -3.88. The van der Waals surface area contributed by atoms with Gasteiger partial charge in [0.25, 0.3) is 0 Å². The predicted octanol–water partition coefficient (Wildman–Crippen LogP) is 0.259. The Morgan fingerprint density at radius 2 is 1.23 bits per heavy atom. The number of carbonyl (C=O) groups excluding carboxylic acids is 3. The molecule has 0 saturated heterocycles.